The Hall–Kier alpha value is -1.40. The molecule has 142 valence electrons. The highest BCUT2D eigenvalue weighted by Gasteiger charge is 2.47. The first-order valence-electron chi connectivity index (χ1n) is 9.00. The molecule has 0 aromatic rings. The van der Waals surface area contributed by atoms with Crippen LogP contribution in [0.15, 0.2) is 12.2 Å². The maximum atomic E-state index is 12.6. The average Bonchev–Trinajstić information content (AvgIpc) is 2.99. The molecule has 1 aliphatic carbocycles. The van der Waals surface area contributed by atoms with Crippen molar-refractivity contribution in [3.05, 3.63) is 12.2 Å². The van der Waals surface area contributed by atoms with Crippen molar-refractivity contribution >= 4 is 11.9 Å². The second-order valence-corrected chi connectivity index (χ2v) is 7.72. The van der Waals surface area contributed by atoms with Crippen LogP contribution in [0.2, 0.25) is 0 Å². The zero-order valence-corrected chi connectivity index (χ0v) is 15.8. The van der Waals surface area contributed by atoms with Crippen molar-refractivity contribution in [1.82, 2.24) is 0 Å². The molecule has 2 fully saturated rings. The fourth-order valence-corrected chi connectivity index (χ4v) is 3.26. The zero-order chi connectivity index (χ0) is 18.7. The van der Waals surface area contributed by atoms with Crippen molar-refractivity contribution in [2.75, 3.05) is 13.2 Å². The van der Waals surface area contributed by atoms with Gasteiger partial charge in [-0.3, -0.25) is 4.79 Å². The molecular weight excluding hydrogens is 324 g/mol. The van der Waals surface area contributed by atoms with Crippen LogP contribution in [0.25, 0.3) is 0 Å². The monoisotopic (exact) mass is 354 g/mol. The Balaban J connectivity index is 2.08. The molecule has 0 amide bonds. The van der Waals surface area contributed by atoms with Crippen LogP contribution in [0, 0.1) is 0 Å². The van der Waals surface area contributed by atoms with E-state index in [9.17, 15) is 9.59 Å². The predicted molar refractivity (Wildman–Crippen MR) is 91.8 cm³/mol. The third-order valence-corrected chi connectivity index (χ3v) is 4.98. The summed E-state index contributed by atoms with van der Waals surface area (Å²) in [5, 5.41) is 0. The molecule has 2 rings (SSSR count). The first-order valence-corrected chi connectivity index (χ1v) is 9.00. The van der Waals surface area contributed by atoms with Crippen LogP contribution >= 0.6 is 0 Å². The molecule has 0 atom stereocenters. The Morgan fingerprint density at radius 3 is 2.08 bits per heavy atom. The van der Waals surface area contributed by atoms with Gasteiger partial charge in [-0.15, -0.1) is 0 Å². The third-order valence-electron chi connectivity index (χ3n) is 4.98. The summed E-state index contributed by atoms with van der Waals surface area (Å²) < 4.78 is 22.6. The van der Waals surface area contributed by atoms with E-state index >= 15 is 0 Å². The van der Waals surface area contributed by atoms with Crippen molar-refractivity contribution < 1.29 is 28.5 Å². The van der Waals surface area contributed by atoms with Gasteiger partial charge in [-0.2, -0.15) is 0 Å². The average molecular weight is 354 g/mol. The Labute approximate surface area is 149 Å². The summed E-state index contributed by atoms with van der Waals surface area (Å²) in [6.07, 6.45) is 4.59. The molecule has 0 bridgehead atoms. The molecule has 0 N–H and O–H groups in total. The lowest BCUT2D eigenvalue weighted by Crippen LogP contribution is -2.55. The van der Waals surface area contributed by atoms with Crippen LogP contribution < -0.4 is 0 Å². The molecule has 0 unspecified atom stereocenters. The van der Waals surface area contributed by atoms with Gasteiger partial charge in [-0.25, -0.2) is 4.79 Å². The van der Waals surface area contributed by atoms with E-state index in [1.807, 2.05) is 6.92 Å². The van der Waals surface area contributed by atoms with Crippen LogP contribution in [-0.4, -0.2) is 42.1 Å². The second-order valence-electron chi connectivity index (χ2n) is 7.72. The first kappa shape index (κ1) is 19.9. The summed E-state index contributed by atoms with van der Waals surface area (Å²) >= 11 is 0. The van der Waals surface area contributed by atoms with Crippen molar-refractivity contribution in [3.63, 3.8) is 0 Å². The number of carbonyl (C=O) groups excluding carboxylic acids is 2. The highest BCUT2D eigenvalue weighted by Crippen LogP contribution is 2.37. The zero-order valence-electron chi connectivity index (χ0n) is 15.8. The van der Waals surface area contributed by atoms with Crippen molar-refractivity contribution in [3.8, 4) is 0 Å². The quantitative estimate of drug-likeness (QED) is 0.538. The molecule has 6 heteroatoms. The van der Waals surface area contributed by atoms with E-state index in [2.05, 4.69) is 6.58 Å². The Bertz CT molecular complexity index is 520. The number of hydrogen-bond acceptors (Lipinski definition) is 6. The molecule has 6 nitrogen and oxygen atoms in total. The van der Waals surface area contributed by atoms with E-state index < -0.39 is 17.4 Å². The summed E-state index contributed by atoms with van der Waals surface area (Å²) in [5.74, 6) is -1.73. The van der Waals surface area contributed by atoms with Gasteiger partial charge in [-0.05, 0) is 52.9 Å². The van der Waals surface area contributed by atoms with Gasteiger partial charge in [0, 0.05) is 5.57 Å². The normalized spacial score (nSPS) is 23.7. The van der Waals surface area contributed by atoms with E-state index in [0.29, 0.717) is 0 Å². The minimum absolute atomic E-state index is 0.0766. The van der Waals surface area contributed by atoms with Gasteiger partial charge in [0.05, 0.1) is 19.6 Å². The lowest BCUT2D eigenvalue weighted by molar-refractivity contribution is -0.304. The molecule has 0 radical (unpaired) electrons. The maximum Gasteiger partial charge on any atom is 0.333 e. The number of rotatable bonds is 6. The van der Waals surface area contributed by atoms with Gasteiger partial charge in [0.15, 0.2) is 11.4 Å². The molecule has 1 heterocycles. The van der Waals surface area contributed by atoms with E-state index in [4.69, 9.17) is 18.9 Å². The van der Waals surface area contributed by atoms with Gasteiger partial charge in [-0.1, -0.05) is 13.5 Å². The van der Waals surface area contributed by atoms with E-state index in [1.54, 1.807) is 20.8 Å². The highest BCUT2D eigenvalue weighted by molar-refractivity contribution is 5.87. The number of carbonyl (C=O) groups is 2. The number of hydrogen-bond donors (Lipinski definition) is 0. The van der Waals surface area contributed by atoms with E-state index in [0.717, 1.165) is 32.1 Å². The molecule has 2 aliphatic rings. The molecule has 1 saturated heterocycles. The summed E-state index contributed by atoms with van der Waals surface area (Å²) in [4.78, 5) is 24.6. The van der Waals surface area contributed by atoms with Gasteiger partial charge >= 0.3 is 11.9 Å². The smallest absolute Gasteiger partial charge is 0.333 e. The number of ether oxygens (including phenoxy) is 4. The standard InChI is InChI=1S/C19H30O6/c1-6-18(9-7-8-10-18)24-15(20)11-19(25-16(21)14(2)3)12-22-17(4,5)23-13-19/h2,6-13H2,1,3-5H3. The van der Waals surface area contributed by atoms with Gasteiger partial charge in [0.1, 0.15) is 5.60 Å². The summed E-state index contributed by atoms with van der Waals surface area (Å²) in [6, 6.07) is 0. The fraction of sp³-hybridized carbons (Fsp3) is 0.789. The lowest BCUT2D eigenvalue weighted by atomic mass is 9.97. The highest BCUT2D eigenvalue weighted by atomic mass is 16.7. The Morgan fingerprint density at radius 1 is 1.04 bits per heavy atom. The molecule has 0 aromatic heterocycles. The Morgan fingerprint density at radius 2 is 1.60 bits per heavy atom. The molecule has 0 aromatic carbocycles. The van der Waals surface area contributed by atoms with Crippen molar-refractivity contribution in [2.45, 2.75) is 83.2 Å². The second kappa shape index (κ2) is 7.46. The molecule has 1 aliphatic heterocycles. The summed E-state index contributed by atoms with van der Waals surface area (Å²) in [6.45, 7) is 10.9. The Kier molecular flexibility index (Phi) is 5.94. The fourth-order valence-electron chi connectivity index (χ4n) is 3.26. The summed E-state index contributed by atoms with van der Waals surface area (Å²) in [5.41, 5.74) is -1.30. The first-order chi connectivity index (χ1) is 11.6. The number of esters is 2. The molecule has 1 saturated carbocycles. The van der Waals surface area contributed by atoms with Crippen LogP contribution in [-0.2, 0) is 28.5 Å². The van der Waals surface area contributed by atoms with Crippen LogP contribution in [0.1, 0.15) is 66.2 Å². The molecule has 25 heavy (non-hydrogen) atoms. The van der Waals surface area contributed by atoms with Gasteiger partial charge in [0.2, 0.25) is 0 Å². The molecule has 0 spiro atoms. The van der Waals surface area contributed by atoms with Gasteiger partial charge in [0.25, 0.3) is 0 Å². The predicted octanol–water partition coefficient (Wildman–Crippen LogP) is 3.28. The maximum absolute atomic E-state index is 12.6. The van der Waals surface area contributed by atoms with Crippen LogP contribution in [0.5, 0.6) is 0 Å². The van der Waals surface area contributed by atoms with Crippen LogP contribution in [0.3, 0.4) is 0 Å². The summed E-state index contributed by atoms with van der Waals surface area (Å²) in [7, 11) is 0. The third kappa shape index (κ3) is 5.05. The van der Waals surface area contributed by atoms with Crippen molar-refractivity contribution in [1.29, 1.82) is 0 Å². The minimum atomic E-state index is -1.18. The topological polar surface area (TPSA) is 71.1 Å². The van der Waals surface area contributed by atoms with E-state index in [-0.39, 0.29) is 36.8 Å². The van der Waals surface area contributed by atoms with Crippen molar-refractivity contribution in [2.24, 2.45) is 0 Å². The lowest BCUT2D eigenvalue weighted by Gasteiger charge is -2.42. The van der Waals surface area contributed by atoms with Gasteiger partial charge < -0.3 is 18.9 Å². The molecular formula is C19H30O6. The largest absolute Gasteiger partial charge is 0.459 e. The minimum Gasteiger partial charge on any atom is -0.459 e. The SMILES string of the molecule is C=C(C)C(=O)OC1(CC(=O)OC2(CC)CCCC2)COC(C)(C)OC1. The van der Waals surface area contributed by atoms with Crippen LogP contribution in [0.4, 0.5) is 0 Å². The van der Waals surface area contributed by atoms with E-state index in [1.165, 1.54) is 0 Å².